The maximum absolute atomic E-state index is 12.2. The van der Waals surface area contributed by atoms with E-state index < -0.39 is 11.2 Å². The van der Waals surface area contributed by atoms with Gasteiger partial charge in [0, 0.05) is 5.69 Å². The van der Waals surface area contributed by atoms with Crippen molar-refractivity contribution < 1.29 is 4.79 Å². The first-order chi connectivity index (χ1) is 12.4. The van der Waals surface area contributed by atoms with E-state index in [1.807, 2.05) is 38.1 Å². The normalized spacial score (nSPS) is 10.7. The van der Waals surface area contributed by atoms with Crippen LogP contribution in [0.25, 0.3) is 10.2 Å². The minimum absolute atomic E-state index is 0.0804. The predicted octanol–water partition coefficient (Wildman–Crippen LogP) is 2.50. The molecule has 3 aromatic rings. The second-order valence-electron chi connectivity index (χ2n) is 5.57. The summed E-state index contributed by atoms with van der Waals surface area (Å²) in [5.41, 5.74) is 2.03. The van der Waals surface area contributed by atoms with Crippen LogP contribution < -0.4 is 16.6 Å². The highest BCUT2D eigenvalue weighted by Gasteiger charge is 2.17. The number of nitriles is 1. The molecule has 3 N–H and O–H groups in total. The lowest BCUT2D eigenvalue weighted by molar-refractivity contribution is -0.113. The number of carbonyl (C=O) groups excluding carboxylic acids is 1. The largest absolute Gasteiger partial charge is 0.326 e. The summed E-state index contributed by atoms with van der Waals surface area (Å²) in [6.07, 6.45) is 0. The van der Waals surface area contributed by atoms with Gasteiger partial charge in [0.15, 0.2) is 0 Å². The SMILES string of the molecule is Cc1cccc(NC(=O)CSc2sc3c(=O)[nH]c(=O)[nH]c3c2C#N)c1C. The summed E-state index contributed by atoms with van der Waals surface area (Å²) >= 11 is 2.24. The number of nitrogens with one attached hydrogen (secondary N) is 3. The number of thioether (sulfide) groups is 1. The van der Waals surface area contributed by atoms with Gasteiger partial charge in [0.05, 0.1) is 15.5 Å². The third-order valence-electron chi connectivity index (χ3n) is 3.87. The van der Waals surface area contributed by atoms with E-state index in [0.717, 1.165) is 39.9 Å². The average molecular weight is 386 g/mol. The summed E-state index contributed by atoms with van der Waals surface area (Å²) in [4.78, 5) is 40.1. The van der Waals surface area contributed by atoms with E-state index in [4.69, 9.17) is 0 Å². The summed E-state index contributed by atoms with van der Waals surface area (Å²) in [5, 5.41) is 12.2. The number of H-pyrrole nitrogens is 2. The molecule has 1 aromatic carbocycles. The molecule has 0 saturated carbocycles. The fourth-order valence-electron chi connectivity index (χ4n) is 2.40. The maximum Gasteiger partial charge on any atom is 0.326 e. The standard InChI is InChI=1S/C17H14N4O3S2/c1-8-4-3-5-11(9(8)2)19-12(22)7-25-16-10(6-18)13-14(26-16)15(23)21-17(24)20-13/h3-5H,7H2,1-2H3,(H,19,22)(H2,20,21,23,24). The molecule has 0 radical (unpaired) electrons. The summed E-state index contributed by atoms with van der Waals surface area (Å²) in [5.74, 6) is -0.135. The molecule has 7 nitrogen and oxygen atoms in total. The van der Waals surface area contributed by atoms with Crippen molar-refractivity contribution in [3.8, 4) is 6.07 Å². The zero-order valence-electron chi connectivity index (χ0n) is 13.9. The molecule has 26 heavy (non-hydrogen) atoms. The number of nitrogens with zero attached hydrogens (tertiary/aromatic N) is 1. The number of aromatic amines is 2. The van der Waals surface area contributed by atoms with Gasteiger partial charge in [0.1, 0.15) is 16.3 Å². The van der Waals surface area contributed by atoms with E-state index in [0.29, 0.717) is 4.21 Å². The third-order valence-corrected chi connectivity index (χ3v) is 6.33. The molecule has 0 aliphatic carbocycles. The number of fused-ring (bicyclic) bond motifs is 1. The molecule has 1 amide bonds. The van der Waals surface area contributed by atoms with Gasteiger partial charge >= 0.3 is 5.69 Å². The average Bonchev–Trinajstić information content (AvgIpc) is 2.95. The van der Waals surface area contributed by atoms with Crippen molar-refractivity contribution in [2.24, 2.45) is 0 Å². The van der Waals surface area contributed by atoms with Gasteiger partial charge < -0.3 is 10.3 Å². The number of aromatic nitrogens is 2. The van der Waals surface area contributed by atoms with Crippen LogP contribution in [0.5, 0.6) is 0 Å². The topological polar surface area (TPSA) is 119 Å². The molecule has 0 aliphatic rings. The summed E-state index contributed by atoms with van der Waals surface area (Å²) in [6, 6.07) is 7.66. The van der Waals surface area contributed by atoms with Gasteiger partial charge in [-0.25, -0.2) is 4.79 Å². The van der Waals surface area contributed by atoms with Crippen molar-refractivity contribution >= 4 is 44.9 Å². The lowest BCUT2D eigenvalue weighted by Crippen LogP contribution is -2.20. The highest BCUT2D eigenvalue weighted by molar-refractivity contribution is 8.02. The van der Waals surface area contributed by atoms with Crippen LogP contribution in [0.15, 0.2) is 32.0 Å². The monoisotopic (exact) mass is 386 g/mol. The van der Waals surface area contributed by atoms with Crippen molar-refractivity contribution in [3.63, 3.8) is 0 Å². The number of hydrogen-bond acceptors (Lipinski definition) is 6. The summed E-state index contributed by atoms with van der Waals surface area (Å²) in [7, 11) is 0. The Labute approximate surface area is 156 Å². The van der Waals surface area contributed by atoms with Gasteiger partial charge in [-0.15, -0.1) is 23.1 Å². The molecule has 0 spiro atoms. The second kappa shape index (κ2) is 7.19. The Morgan fingerprint density at radius 1 is 1.31 bits per heavy atom. The number of hydrogen-bond donors (Lipinski definition) is 3. The van der Waals surface area contributed by atoms with Crippen LogP contribution in [-0.4, -0.2) is 21.6 Å². The van der Waals surface area contributed by atoms with Crippen LogP contribution in [0.3, 0.4) is 0 Å². The number of carbonyl (C=O) groups is 1. The van der Waals surface area contributed by atoms with E-state index >= 15 is 0 Å². The Kier molecular flexibility index (Phi) is 4.97. The van der Waals surface area contributed by atoms with Gasteiger partial charge in [0.2, 0.25) is 5.91 Å². The zero-order chi connectivity index (χ0) is 18.8. The van der Waals surface area contributed by atoms with Crippen LogP contribution in [-0.2, 0) is 4.79 Å². The van der Waals surface area contributed by atoms with E-state index in [1.54, 1.807) is 0 Å². The quantitative estimate of drug-likeness (QED) is 0.595. The Bertz CT molecular complexity index is 1170. The number of rotatable bonds is 4. The highest BCUT2D eigenvalue weighted by Crippen LogP contribution is 2.34. The van der Waals surface area contributed by atoms with Crippen molar-refractivity contribution in [1.29, 1.82) is 5.26 Å². The van der Waals surface area contributed by atoms with E-state index in [-0.39, 0.29) is 27.4 Å². The van der Waals surface area contributed by atoms with Gasteiger partial charge in [-0.3, -0.25) is 14.6 Å². The number of benzene rings is 1. The number of amides is 1. The molecule has 2 heterocycles. The number of aryl methyl sites for hydroxylation is 1. The van der Waals surface area contributed by atoms with Crippen LogP contribution in [0, 0.1) is 25.2 Å². The van der Waals surface area contributed by atoms with Crippen molar-refractivity contribution in [3.05, 3.63) is 55.7 Å². The highest BCUT2D eigenvalue weighted by atomic mass is 32.2. The molecular formula is C17H14N4O3S2. The number of thiophene rings is 1. The predicted molar refractivity (Wildman–Crippen MR) is 103 cm³/mol. The molecular weight excluding hydrogens is 372 g/mol. The lowest BCUT2D eigenvalue weighted by atomic mass is 10.1. The minimum atomic E-state index is -0.666. The summed E-state index contributed by atoms with van der Waals surface area (Å²) in [6.45, 7) is 3.90. The summed E-state index contributed by atoms with van der Waals surface area (Å²) < 4.78 is 0.782. The van der Waals surface area contributed by atoms with Crippen molar-refractivity contribution in [2.75, 3.05) is 11.1 Å². The van der Waals surface area contributed by atoms with Gasteiger partial charge in [-0.2, -0.15) is 5.26 Å². The third kappa shape index (κ3) is 3.42. The number of anilines is 1. The molecule has 0 atom stereocenters. The molecule has 0 saturated heterocycles. The first-order valence-corrected chi connectivity index (χ1v) is 9.39. The molecule has 0 aliphatic heterocycles. The molecule has 0 fully saturated rings. The van der Waals surface area contributed by atoms with Gasteiger partial charge in [-0.05, 0) is 31.0 Å². The van der Waals surface area contributed by atoms with Crippen LogP contribution in [0.4, 0.5) is 5.69 Å². The Morgan fingerprint density at radius 3 is 2.81 bits per heavy atom. The van der Waals surface area contributed by atoms with Crippen LogP contribution in [0.1, 0.15) is 16.7 Å². The fourth-order valence-corrected chi connectivity index (χ4v) is 4.52. The Morgan fingerprint density at radius 2 is 2.08 bits per heavy atom. The van der Waals surface area contributed by atoms with Gasteiger partial charge in [0.25, 0.3) is 5.56 Å². The molecule has 3 rings (SSSR count). The van der Waals surface area contributed by atoms with Crippen molar-refractivity contribution in [2.45, 2.75) is 18.1 Å². The molecule has 2 aromatic heterocycles. The smallest absolute Gasteiger partial charge is 0.325 e. The molecule has 132 valence electrons. The van der Waals surface area contributed by atoms with E-state index in [1.165, 1.54) is 0 Å². The first-order valence-electron chi connectivity index (χ1n) is 7.58. The van der Waals surface area contributed by atoms with E-state index in [9.17, 15) is 19.6 Å². The maximum atomic E-state index is 12.2. The van der Waals surface area contributed by atoms with Crippen molar-refractivity contribution in [1.82, 2.24) is 9.97 Å². The minimum Gasteiger partial charge on any atom is -0.325 e. The van der Waals surface area contributed by atoms with E-state index in [2.05, 4.69) is 15.3 Å². The fraction of sp³-hybridized carbons (Fsp3) is 0.176. The zero-order valence-corrected chi connectivity index (χ0v) is 15.6. The molecule has 9 heteroatoms. The van der Waals surface area contributed by atoms with Gasteiger partial charge in [-0.1, -0.05) is 12.1 Å². The molecule has 0 bridgehead atoms. The second-order valence-corrected chi connectivity index (χ2v) is 7.84. The molecule has 0 unspecified atom stereocenters. The lowest BCUT2D eigenvalue weighted by Gasteiger charge is -2.09. The van der Waals surface area contributed by atoms with Crippen LogP contribution >= 0.6 is 23.1 Å². The Hall–Kier alpha value is -2.83. The Balaban J connectivity index is 1.82. The van der Waals surface area contributed by atoms with Crippen LogP contribution in [0.2, 0.25) is 0 Å². The first kappa shape index (κ1) is 18.0.